The number of hydrogen-bond donors (Lipinski definition) is 1. The maximum Gasteiger partial charge on any atom is 0.0619 e. The normalized spacial score (nSPS) is 24.7. The molecular weight excluding hydrogens is 234 g/mol. The molecule has 1 N–H and O–H groups in total. The molecule has 1 heterocycles. The Morgan fingerprint density at radius 3 is 2.42 bits per heavy atom. The van der Waals surface area contributed by atoms with Crippen LogP contribution in [0.4, 0.5) is 0 Å². The van der Waals surface area contributed by atoms with E-state index >= 15 is 0 Å². The maximum absolute atomic E-state index is 5.88. The minimum absolute atomic E-state index is 0.401. The second kappa shape index (κ2) is 6.06. The van der Waals surface area contributed by atoms with Crippen LogP contribution < -0.4 is 5.32 Å². The Hall–Kier alpha value is -0.860. The molecule has 0 amide bonds. The van der Waals surface area contributed by atoms with E-state index in [1.807, 2.05) is 0 Å². The highest BCUT2D eigenvalue weighted by Crippen LogP contribution is 2.37. The average molecular weight is 261 g/mol. The zero-order valence-corrected chi connectivity index (χ0v) is 12.9. The summed E-state index contributed by atoms with van der Waals surface area (Å²) in [5.74, 6) is 0.593. The van der Waals surface area contributed by atoms with E-state index in [0.717, 1.165) is 19.4 Å². The minimum Gasteiger partial charge on any atom is -0.378 e. The summed E-state index contributed by atoms with van der Waals surface area (Å²) in [4.78, 5) is 0. The largest absolute Gasteiger partial charge is 0.378 e. The van der Waals surface area contributed by atoms with Gasteiger partial charge in [-0.2, -0.15) is 0 Å². The van der Waals surface area contributed by atoms with Crippen LogP contribution in [0.2, 0.25) is 0 Å². The molecule has 2 heteroatoms. The first-order chi connectivity index (χ1) is 9.08. The molecule has 1 fully saturated rings. The zero-order valence-electron chi connectivity index (χ0n) is 12.9. The highest BCUT2D eigenvalue weighted by molar-refractivity contribution is 5.40. The number of ether oxygens (including phenoxy) is 1. The van der Waals surface area contributed by atoms with Crippen LogP contribution in [0.3, 0.4) is 0 Å². The molecule has 0 saturated carbocycles. The van der Waals surface area contributed by atoms with Crippen molar-refractivity contribution >= 4 is 0 Å². The van der Waals surface area contributed by atoms with E-state index in [1.165, 1.54) is 22.3 Å². The predicted octanol–water partition coefficient (Wildman–Crippen LogP) is 3.69. The molecule has 0 aliphatic carbocycles. The zero-order chi connectivity index (χ0) is 14.0. The molecule has 0 radical (unpaired) electrons. The summed E-state index contributed by atoms with van der Waals surface area (Å²) < 4.78 is 5.88. The molecule has 2 nitrogen and oxygen atoms in total. The van der Waals surface area contributed by atoms with Crippen LogP contribution in [-0.4, -0.2) is 19.8 Å². The number of nitrogens with one attached hydrogen (secondary N) is 1. The Morgan fingerprint density at radius 1 is 1.26 bits per heavy atom. The highest BCUT2D eigenvalue weighted by atomic mass is 16.5. The lowest BCUT2D eigenvalue weighted by atomic mass is 9.82. The van der Waals surface area contributed by atoms with Crippen molar-refractivity contribution in [2.24, 2.45) is 5.92 Å². The fourth-order valence-corrected chi connectivity index (χ4v) is 3.72. The number of benzene rings is 1. The monoisotopic (exact) mass is 261 g/mol. The van der Waals surface area contributed by atoms with E-state index in [-0.39, 0.29) is 0 Å². The third kappa shape index (κ3) is 2.85. The molecule has 0 aromatic heterocycles. The quantitative estimate of drug-likeness (QED) is 0.892. The topological polar surface area (TPSA) is 21.3 Å². The van der Waals surface area contributed by atoms with Crippen LogP contribution in [0.5, 0.6) is 0 Å². The van der Waals surface area contributed by atoms with Crippen molar-refractivity contribution in [2.75, 3.05) is 13.7 Å². The van der Waals surface area contributed by atoms with Gasteiger partial charge in [0.25, 0.3) is 0 Å². The molecule has 1 aliphatic rings. The minimum atomic E-state index is 0.401. The van der Waals surface area contributed by atoms with Gasteiger partial charge in [-0.1, -0.05) is 24.6 Å². The fraction of sp³-hybridized carbons (Fsp3) is 0.647. The predicted molar refractivity (Wildman–Crippen MR) is 80.6 cm³/mol. The van der Waals surface area contributed by atoms with Gasteiger partial charge in [0.15, 0.2) is 0 Å². The van der Waals surface area contributed by atoms with Crippen molar-refractivity contribution in [1.29, 1.82) is 0 Å². The SMILES string of the molecule is CCC1OCCC1C(NC)c1c(C)cc(C)cc1C. The summed E-state index contributed by atoms with van der Waals surface area (Å²) >= 11 is 0. The molecule has 0 spiro atoms. The van der Waals surface area contributed by atoms with Crippen molar-refractivity contribution in [2.45, 2.75) is 52.7 Å². The molecule has 1 aliphatic heterocycles. The van der Waals surface area contributed by atoms with E-state index in [0.29, 0.717) is 18.1 Å². The number of hydrogen-bond acceptors (Lipinski definition) is 2. The number of rotatable bonds is 4. The van der Waals surface area contributed by atoms with Gasteiger partial charge in [-0.15, -0.1) is 0 Å². The van der Waals surface area contributed by atoms with Crippen LogP contribution in [-0.2, 0) is 4.74 Å². The van der Waals surface area contributed by atoms with Gasteiger partial charge in [0.05, 0.1) is 6.10 Å². The summed E-state index contributed by atoms with van der Waals surface area (Å²) in [7, 11) is 2.08. The lowest BCUT2D eigenvalue weighted by molar-refractivity contribution is 0.0781. The molecule has 106 valence electrons. The molecule has 1 aromatic rings. The van der Waals surface area contributed by atoms with Crippen LogP contribution in [0.15, 0.2) is 12.1 Å². The van der Waals surface area contributed by atoms with E-state index in [9.17, 15) is 0 Å². The third-order valence-corrected chi connectivity index (χ3v) is 4.45. The summed E-state index contributed by atoms with van der Waals surface area (Å²) in [5.41, 5.74) is 5.63. The Labute approximate surface area is 117 Å². The average Bonchev–Trinajstić information content (AvgIpc) is 2.81. The van der Waals surface area contributed by atoms with Crippen LogP contribution in [0.25, 0.3) is 0 Å². The maximum atomic E-state index is 5.88. The standard InChI is InChI=1S/C17H27NO/c1-6-15-14(7-8-19-15)17(18-5)16-12(3)9-11(2)10-13(16)4/h9-10,14-15,17-18H,6-8H2,1-5H3. The summed E-state index contributed by atoms with van der Waals surface area (Å²) in [6.07, 6.45) is 2.67. The summed E-state index contributed by atoms with van der Waals surface area (Å²) in [6, 6.07) is 5.00. The lowest BCUT2D eigenvalue weighted by Crippen LogP contribution is -2.31. The Balaban J connectivity index is 2.37. The van der Waals surface area contributed by atoms with Gasteiger partial charge in [-0.25, -0.2) is 0 Å². The van der Waals surface area contributed by atoms with Gasteiger partial charge in [0.1, 0.15) is 0 Å². The molecule has 19 heavy (non-hydrogen) atoms. The van der Waals surface area contributed by atoms with Crippen molar-refractivity contribution in [1.82, 2.24) is 5.32 Å². The lowest BCUT2D eigenvalue weighted by Gasteiger charge is -2.30. The highest BCUT2D eigenvalue weighted by Gasteiger charge is 2.34. The van der Waals surface area contributed by atoms with Crippen LogP contribution in [0.1, 0.15) is 48.1 Å². The summed E-state index contributed by atoms with van der Waals surface area (Å²) in [5, 5.41) is 3.55. The first-order valence-corrected chi connectivity index (χ1v) is 7.45. The van der Waals surface area contributed by atoms with Crippen molar-refractivity contribution in [3.63, 3.8) is 0 Å². The van der Waals surface area contributed by atoms with E-state index in [2.05, 4.69) is 52.2 Å². The van der Waals surface area contributed by atoms with Gasteiger partial charge in [0, 0.05) is 18.6 Å². The molecule has 0 bridgehead atoms. The van der Waals surface area contributed by atoms with Gasteiger partial charge in [-0.3, -0.25) is 0 Å². The fourth-order valence-electron chi connectivity index (χ4n) is 3.72. The van der Waals surface area contributed by atoms with E-state index in [4.69, 9.17) is 4.74 Å². The molecule has 2 rings (SSSR count). The van der Waals surface area contributed by atoms with Crippen molar-refractivity contribution in [3.8, 4) is 0 Å². The van der Waals surface area contributed by atoms with Gasteiger partial charge in [0.2, 0.25) is 0 Å². The molecule has 3 atom stereocenters. The molecule has 1 saturated heterocycles. The summed E-state index contributed by atoms with van der Waals surface area (Å²) in [6.45, 7) is 9.77. The van der Waals surface area contributed by atoms with Gasteiger partial charge < -0.3 is 10.1 Å². The van der Waals surface area contributed by atoms with E-state index in [1.54, 1.807) is 0 Å². The van der Waals surface area contributed by atoms with Crippen LogP contribution in [0, 0.1) is 26.7 Å². The van der Waals surface area contributed by atoms with Gasteiger partial charge in [-0.05, 0) is 57.4 Å². The molecule has 1 aromatic carbocycles. The third-order valence-electron chi connectivity index (χ3n) is 4.45. The number of aryl methyl sites for hydroxylation is 3. The van der Waals surface area contributed by atoms with E-state index < -0.39 is 0 Å². The van der Waals surface area contributed by atoms with Gasteiger partial charge >= 0.3 is 0 Å². The van der Waals surface area contributed by atoms with Crippen molar-refractivity contribution < 1.29 is 4.74 Å². The molecular formula is C17H27NO. The van der Waals surface area contributed by atoms with Crippen LogP contribution >= 0.6 is 0 Å². The smallest absolute Gasteiger partial charge is 0.0619 e. The first kappa shape index (κ1) is 14.5. The van der Waals surface area contributed by atoms with Crippen molar-refractivity contribution in [3.05, 3.63) is 34.4 Å². The second-order valence-electron chi connectivity index (χ2n) is 5.85. The Bertz CT molecular complexity index is 418. The second-order valence-corrected chi connectivity index (χ2v) is 5.85. The Kier molecular flexibility index (Phi) is 4.64. The first-order valence-electron chi connectivity index (χ1n) is 7.45. The molecule has 3 unspecified atom stereocenters. The Morgan fingerprint density at radius 2 is 1.89 bits per heavy atom.